The predicted octanol–water partition coefficient (Wildman–Crippen LogP) is 4.53. The summed E-state index contributed by atoms with van der Waals surface area (Å²) in [6.45, 7) is 6.46. The fraction of sp³-hybridized carbons (Fsp3) is 0.440. The van der Waals surface area contributed by atoms with E-state index in [1.807, 2.05) is 45.0 Å². The third-order valence-electron chi connectivity index (χ3n) is 5.88. The number of benzene rings is 2. The molecule has 0 bridgehead atoms. The summed E-state index contributed by atoms with van der Waals surface area (Å²) in [4.78, 5) is 26.0. The van der Waals surface area contributed by atoms with Gasteiger partial charge in [-0.2, -0.15) is 0 Å². The number of carboxylic acids is 1. The van der Waals surface area contributed by atoms with Crippen LogP contribution in [-0.4, -0.2) is 53.5 Å². The van der Waals surface area contributed by atoms with Gasteiger partial charge in [-0.05, 0) is 49.4 Å². The molecule has 31 heavy (non-hydrogen) atoms. The standard InChI is InChI=1S/C25H29NO5/c1-25(2,3)31-17-12-16(23(27)28)13-26(14-17)24(29)30-15-22-20-10-6-4-8-18(20)19-9-5-7-11-21(19)22/h4-11,16-17,22H,12-15H2,1-3H3,(H,27,28). The van der Waals surface area contributed by atoms with Crippen molar-refractivity contribution in [2.45, 2.75) is 44.8 Å². The predicted molar refractivity (Wildman–Crippen MR) is 117 cm³/mol. The number of ether oxygens (including phenoxy) is 2. The van der Waals surface area contributed by atoms with Crippen molar-refractivity contribution < 1.29 is 24.2 Å². The maximum Gasteiger partial charge on any atom is 0.409 e. The average Bonchev–Trinajstić information content (AvgIpc) is 3.04. The molecular formula is C25H29NO5. The highest BCUT2D eigenvalue weighted by Crippen LogP contribution is 2.44. The van der Waals surface area contributed by atoms with Gasteiger partial charge in [0.2, 0.25) is 0 Å². The summed E-state index contributed by atoms with van der Waals surface area (Å²) in [6, 6.07) is 16.3. The maximum absolute atomic E-state index is 12.9. The molecule has 1 aliphatic carbocycles. The van der Waals surface area contributed by atoms with Crippen LogP contribution >= 0.6 is 0 Å². The molecule has 2 atom stereocenters. The second kappa shape index (κ2) is 8.35. The van der Waals surface area contributed by atoms with Crippen LogP contribution in [0.25, 0.3) is 11.1 Å². The van der Waals surface area contributed by atoms with E-state index in [2.05, 4.69) is 24.3 Å². The van der Waals surface area contributed by atoms with Gasteiger partial charge >= 0.3 is 12.1 Å². The van der Waals surface area contributed by atoms with E-state index in [1.165, 1.54) is 16.0 Å². The van der Waals surface area contributed by atoms with E-state index in [1.54, 1.807) is 0 Å². The molecule has 1 amide bonds. The van der Waals surface area contributed by atoms with Gasteiger partial charge < -0.3 is 19.5 Å². The van der Waals surface area contributed by atoms with Crippen LogP contribution in [0.4, 0.5) is 4.79 Å². The van der Waals surface area contributed by atoms with E-state index < -0.39 is 23.6 Å². The van der Waals surface area contributed by atoms with Gasteiger partial charge in [0.25, 0.3) is 0 Å². The number of carbonyl (C=O) groups excluding carboxylic acids is 1. The van der Waals surface area contributed by atoms with Crippen molar-refractivity contribution in [1.82, 2.24) is 4.90 Å². The number of rotatable bonds is 4. The Balaban J connectivity index is 1.47. The molecule has 2 aromatic carbocycles. The molecule has 2 aromatic rings. The second-order valence-electron chi connectivity index (χ2n) is 9.33. The molecule has 1 saturated heterocycles. The summed E-state index contributed by atoms with van der Waals surface area (Å²) in [5.41, 5.74) is 4.21. The summed E-state index contributed by atoms with van der Waals surface area (Å²) in [7, 11) is 0. The van der Waals surface area contributed by atoms with Crippen molar-refractivity contribution in [3.63, 3.8) is 0 Å². The number of hydrogen-bond donors (Lipinski definition) is 1. The zero-order valence-corrected chi connectivity index (χ0v) is 18.2. The molecule has 6 nitrogen and oxygen atoms in total. The molecule has 4 rings (SSSR count). The van der Waals surface area contributed by atoms with E-state index in [4.69, 9.17) is 9.47 Å². The SMILES string of the molecule is CC(C)(C)OC1CC(C(=O)O)CN(C(=O)OCC2c3ccccc3-c3ccccc32)C1. The number of nitrogens with zero attached hydrogens (tertiary/aromatic N) is 1. The summed E-state index contributed by atoms with van der Waals surface area (Å²) < 4.78 is 11.7. The Hall–Kier alpha value is -2.86. The van der Waals surface area contributed by atoms with Gasteiger partial charge in [-0.3, -0.25) is 4.79 Å². The Morgan fingerprint density at radius 2 is 1.58 bits per heavy atom. The first-order valence-corrected chi connectivity index (χ1v) is 10.7. The zero-order valence-electron chi connectivity index (χ0n) is 18.2. The third-order valence-corrected chi connectivity index (χ3v) is 5.88. The molecule has 1 heterocycles. The number of aliphatic carboxylic acids is 1. The number of amides is 1. The number of fused-ring (bicyclic) bond motifs is 3. The van der Waals surface area contributed by atoms with Crippen LogP contribution in [0, 0.1) is 5.92 Å². The largest absolute Gasteiger partial charge is 0.481 e. The van der Waals surface area contributed by atoms with Crippen molar-refractivity contribution >= 4 is 12.1 Å². The Bertz CT molecular complexity index is 934. The highest BCUT2D eigenvalue weighted by molar-refractivity contribution is 5.79. The lowest BCUT2D eigenvalue weighted by Crippen LogP contribution is -2.50. The summed E-state index contributed by atoms with van der Waals surface area (Å²) in [5, 5.41) is 9.54. The summed E-state index contributed by atoms with van der Waals surface area (Å²) in [6.07, 6.45) is -0.439. The number of hydrogen-bond acceptors (Lipinski definition) is 4. The molecule has 6 heteroatoms. The molecule has 0 saturated carbocycles. The van der Waals surface area contributed by atoms with E-state index in [9.17, 15) is 14.7 Å². The average molecular weight is 424 g/mol. The minimum atomic E-state index is -0.918. The van der Waals surface area contributed by atoms with Gasteiger partial charge in [-0.1, -0.05) is 48.5 Å². The van der Waals surface area contributed by atoms with Gasteiger partial charge in [0.1, 0.15) is 6.61 Å². The maximum atomic E-state index is 12.9. The summed E-state index contributed by atoms with van der Waals surface area (Å²) >= 11 is 0. The highest BCUT2D eigenvalue weighted by Gasteiger charge is 2.37. The molecule has 1 fully saturated rings. The molecular weight excluding hydrogens is 394 g/mol. The fourth-order valence-corrected chi connectivity index (χ4v) is 4.65. The zero-order chi connectivity index (χ0) is 22.2. The molecule has 2 unspecified atom stereocenters. The smallest absolute Gasteiger partial charge is 0.409 e. The van der Waals surface area contributed by atoms with Crippen LogP contribution in [0.1, 0.15) is 44.2 Å². The fourth-order valence-electron chi connectivity index (χ4n) is 4.65. The molecule has 0 radical (unpaired) electrons. The minimum absolute atomic E-state index is 0.0296. The topological polar surface area (TPSA) is 76.1 Å². The number of piperidine rings is 1. The van der Waals surface area contributed by atoms with Crippen LogP contribution in [0.3, 0.4) is 0 Å². The lowest BCUT2D eigenvalue weighted by molar-refractivity contribution is -0.149. The van der Waals surface area contributed by atoms with Crippen LogP contribution < -0.4 is 0 Å². The number of carbonyl (C=O) groups is 2. The number of carboxylic acid groups (broad SMARTS) is 1. The van der Waals surface area contributed by atoms with Gasteiger partial charge in [0, 0.05) is 12.5 Å². The lowest BCUT2D eigenvalue weighted by atomic mass is 9.95. The summed E-state index contributed by atoms with van der Waals surface area (Å²) in [5.74, 6) is -1.61. The molecule has 2 aliphatic rings. The molecule has 1 aliphatic heterocycles. The second-order valence-corrected chi connectivity index (χ2v) is 9.33. The molecule has 1 N–H and O–H groups in total. The van der Waals surface area contributed by atoms with Crippen LogP contribution in [0.15, 0.2) is 48.5 Å². The quantitative estimate of drug-likeness (QED) is 0.782. The lowest BCUT2D eigenvalue weighted by Gasteiger charge is -2.38. The van der Waals surface area contributed by atoms with Crippen molar-refractivity contribution in [3.8, 4) is 11.1 Å². The van der Waals surface area contributed by atoms with Crippen molar-refractivity contribution in [1.29, 1.82) is 0 Å². The van der Waals surface area contributed by atoms with Gasteiger partial charge in [-0.25, -0.2) is 4.79 Å². The van der Waals surface area contributed by atoms with Gasteiger partial charge in [0.15, 0.2) is 0 Å². The minimum Gasteiger partial charge on any atom is -0.481 e. The Labute approximate surface area is 182 Å². The Kier molecular flexibility index (Phi) is 5.75. The van der Waals surface area contributed by atoms with Crippen LogP contribution in [0.5, 0.6) is 0 Å². The van der Waals surface area contributed by atoms with E-state index in [-0.39, 0.29) is 25.2 Å². The first kappa shape index (κ1) is 21.4. The molecule has 0 spiro atoms. The van der Waals surface area contributed by atoms with E-state index >= 15 is 0 Å². The monoisotopic (exact) mass is 423 g/mol. The van der Waals surface area contributed by atoms with Crippen molar-refractivity contribution in [3.05, 3.63) is 59.7 Å². The van der Waals surface area contributed by atoms with Crippen LogP contribution in [0.2, 0.25) is 0 Å². The first-order chi connectivity index (χ1) is 14.7. The van der Waals surface area contributed by atoms with E-state index in [0.29, 0.717) is 13.0 Å². The van der Waals surface area contributed by atoms with Gasteiger partial charge in [0.05, 0.1) is 24.2 Å². The highest BCUT2D eigenvalue weighted by atomic mass is 16.6. The van der Waals surface area contributed by atoms with Crippen molar-refractivity contribution in [2.24, 2.45) is 5.92 Å². The third kappa shape index (κ3) is 4.59. The van der Waals surface area contributed by atoms with E-state index in [0.717, 1.165) is 11.1 Å². The normalized spacial score (nSPS) is 20.8. The van der Waals surface area contributed by atoms with Crippen LogP contribution in [-0.2, 0) is 14.3 Å². The van der Waals surface area contributed by atoms with Crippen molar-refractivity contribution in [2.75, 3.05) is 19.7 Å². The number of likely N-dealkylation sites (tertiary alicyclic amines) is 1. The first-order valence-electron chi connectivity index (χ1n) is 10.7. The Morgan fingerprint density at radius 1 is 1.00 bits per heavy atom. The Morgan fingerprint density at radius 3 is 2.13 bits per heavy atom. The molecule has 164 valence electrons. The van der Waals surface area contributed by atoms with Gasteiger partial charge in [-0.15, -0.1) is 0 Å². The molecule has 0 aromatic heterocycles.